The van der Waals surface area contributed by atoms with Crippen molar-refractivity contribution in [2.75, 3.05) is 7.11 Å². The Bertz CT molecular complexity index is 343. The van der Waals surface area contributed by atoms with E-state index in [1.54, 1.807) is 0 Å². The summed E-state index contributed by atoms with van der Waals surface area (Å²) in [5.74, 6) is -0.151. The molecule has 94 valence electrons. The summed E-state index contributed by atoms with van der Waals surface area (Å²) in [7, 11) is 1.34. The van der Waals surface area contributed by atoms with E-state index >= 15 is 0 Å². The number of esters is 1. The fourth-order valence-corrected chi connectivity index (χ4v) is 2.86. The molecule has 0 unspecified atom stereocenters. The van der Waals surface area contributed by atoms with E-state index in [-0.39, 0.29) is 11.8 Å². The SMILES string of the molecule is C=C(C)[C@@H]1CC[C@@H](C)C[C@H]1[C@H](C#N)C(=O)OC. The first kappa shape index (κ1) is 13.8. The van der Waals surface area contributed by atoms with Gasteiger partial charge in [-0.2, -0.15) is 5.26 Å². The molecule has 0 heterocycles. The molecular formula is C14H21NO2. The lowest BCUT2D eigenvalue weighted by Crippen LogP contribution is -2.34. The van der Waals surface area contributed by atoms with Gasteiger partial charge in [-0.15, -0.1) is 0 Å². The van der Waals surface area contributed by atoms with E-state index in [9.17, 15) is 10.1 Å². The van der Waals surface area contributed by atoms with Gasteiger partial charge in [-0.05, 0) is 37.5 Å². The molecule has 0 aromatic rings. The van der Waals surface area contributed by atoms with E-state index < -0.39 is 11.9 Å². The van der Waals surface area contributed by atoms with Gasteiger partial charge in [-0.25, -0.2) is 0 Å². The van der Waals surface area contributed by atoms with Gasteiger partial charge in [-0.1, -0.05) is 25.5 Å². The van der Waals surface area contributed by atoms with Crippen molar-refractivity contribution in [3.8, 4) is 6.07 Å². The Morgan fingerprint density at radius 1 is 1.53 bits per heavy atom. The van der Waals surface area contributed by atoms with Gasteiger partial charge in [-0.3, -0.25) is 4.79 Å². The summed E-state index contributed by atoms with van der Waals surface area (Å²) in [6.07, 6.45) is 3.08. The highest BCUT2D eigenvalue weighted by molar-refractivity contribution is 5.75. The number of ether oxygens (including phenoxy) is 1. The van der Waals surface area contributed by atoms with Crippen molar-refractivity contribution in [3.63, 3.8) is 0 Å². The summed E-state index contributed by atoms with van der Waals surface area (Å²) in [4.78, 5) is 11.6. The van der Waals surface area contributed by atoms with Crippen LogP contribution in [0.3, 0.4) is 0 Å². The Labute approximate surface area is 103 Å². The quantitative estimate of drug-likeness (QED) is 0.558. The van der Waals surface area contributed by atoms with Crippen molar-refractivity contribution in [2.45, 2.75) is 33.1 Å². The van der Waals surface area contributed by atoms with Gasteiger partial charge >= 0.3 is 5.97 Å². The Morgan fingerprint density at radius 2 is 2.18 bits per heavy atom. The minimum Gasteiger partial charge on any atom is -0.468 e. The highest BCUT2D eigenvalue weighted by atomic mass is 16.5. The maximum Gasteiger partial charge on any atom is 0.323 e. The zero-order valence-electron chi connectivity index (χ0n) is 10.9. The highest BCUT2D eigenvalue weighted by Crippen LogP contribution is 2.41. The number of nitrogens with zero attached hydrogens (tertiary/aromatic N) is 1. The molecule has 0 N–H and O–H groups in total. The van der Waals surface area contributed by atoms with Crippen LogP contribution in [0, 0.1) is 35.0 Å². The molecule has 0 bridgehead atoms. The van der Waals surface area contributed by atoms with Crippen LogP contribution in [0.15, 0.2) is 12.2 Å². The molecule has 1 rings (SSSR count). The molecule has 0 aromatic carbocycles. The molecule has 3 heteroatoms. The van der Waals surface area contributed by atoms with Crippen LogP contribution in [0.2, 0.25) is 0 Å². The third-order valence-electron chi connectivity index (χ3n) is 3.82. The number of hydrogen-bond acceptors (Lipinski definition) is 3. The third-order valence-corrected chi connectivity index (χ3v) is 3.82. The Hall–Kier alpha value is -1.30. The maximum atomic E-state index is 11.6. The van der Waals surface area contributed by atoms with E-state index in [0.29, 0.717) is 5.92 Å². The molecule has 1 aliphatic carbocycles. The summed E-state index contributed by atoms with van der Waals surface area (Å²) < 4.78 is 4.73. The van der Waals surface area contributed by atoms with Gasteiger partial charge in [0.05, 0.1) is 13.2 Å². The van der Waals surface area contributed by atoms with Crippen molar-refractivity contribution >= 4 is 5.97 Å². The Morgan fingerprint density at radius 3 is 2.65 bits per heavy atom. The lowest BCUT2D eigenvalue weighted by molar-refractivity contribution is -0.146. The molecule has 0 amide bonds. The summed E-state index contributed by atoms with van der Waals surface area (Å²) in [5, 5.41) is 9.19. The van der Waals surface area contributed by atoms with E-state index in [0.717, 1.165) is 24.8 Å². The number of rotatable bonds is 3. The van der Waals surface area contributed by atoms with Crippen molar-refractivity contribution in [3.05, 3.63) is 12.2 Å². The predicted molar refractivity (Wildman–Crippen MR) is 65.9 cm³/mol. The van der Waals surface area contributed by atoms with E-state index in [1.807, 2.05) is 6.92 Å². The second kappa shape index (κ2) is 5.86. The van der Waals surface area contributed by atoms with E-state index in [2.05, 4.69) is 19.6 Å². The zero-order valence-corrected chi connectivity index (χ0v) is 10.9. The average Bonchev–Trinajstić information content (AvgIpc) is 2.29. The van der Waals surface area contributed by atoms with Crippen molar-refractivity contribution in [1.82, 2.24) is 0 Å². The third kappa shape index (κ3) is 3.09. The van der Waals surface area contributed by atoms with Gasteiger partial charge in [0.15, 0.2) is 0 Å². The molecule has 17 heavy (non-hydrogen) atoms. The standard InChI is InChI=1S/C14H21NO2/c1-9(2)11-6-5-10(3)7-12(11)13(8-15)14(16)17-4/h10-13H,1,5-7H2,2-4H3/t10-,11+,12-,13+/m1/s1. The molecule has 1 saturated carbocycles. The second-order valence-corrected chi connectivity index (χ2v) is 5.16. The van der Waals surface area contributed by atoms with Gasteiger partial charge < -0.3 is 4.74 Å². The molecule has 0 saturated heterocycles. The number of nitriles is 1. The molecule has 3 nitrogen and oxygen atoms in total. The fourth-order valence-electron chi connectivity index (χ4n) is 2.86. The zero-order chi connectivity index (χ0) is 13.0. The Balaban J connectivity index is 2.91. The van der Waals surface area contributed by atoms with E-state index in [4.69, 9.17) is 4.74 Å². The topological polar surface area (TPSA) is 50.1 Å². The first-order valence-electron chi connectivity index (χ1n) is 6.14. The monoisotopic (exact) mass is 235 g/mol. The molecule has 4 atom stereocenters. The molecule has 0 spiro atoms. The van der Waals surface area contributed by atoms with Crippen LogP contribution < -0.4 is 0 Å². The summed E-state index contributed by atoms with van der Waals surface area (Å²) in [6, 6.07) is 2.11. The predicted octanol–water partition coefficient (Wildman–Crippen LogP) is 2.93. The number of allylic oxidation sites excluding steroid dienone is 1. The number of carbonyl (C=O) groups excluding carboxylic acids is 1. The number of hydrogen-bond donors (Lipinski definition) is 0. The summed E-state index contributed by atoms with van der Waals surface area (Å²) in [6.45, 7) is 8.15. The van der Waals surface area contributed by atoms with Gasteiger partial charge in [0.1, 0.15) is 5.92 Å². The minimum absolute atomic E-state index is 0.0636. The van der Waals surface area contributed by atoms with Crippen LogP contribution in [0.1, 0.15) is 33.1 Å². The van der Waals surface area contributed by atoms with E-state index in [1.165, 1.54) is 7.11 Å². The first-order chi connectivity index (χ1) is 8.01. The first-order valence-corrected chi connectivity index (χ1v) is 6.14. The number of carbonyl (C=O) groups is 1. The molecule has 0 aromatic heterocycles. The average molecular weight is 235 g/mol. The molecule has 0 radical (unpaired) electrons. The lowest BCUT2D eigenvalue weighted by atomic mass is 9.67. The smallest absolute Gasteiger partial charge is 0.323 e. The van der Waals surface area contributed by atoms with Crippen LogP contribution in [0.25, 0.3) is 0 Å². The van der Waals surface area contributed by atoms with Crippen molar-refractivity contribution in [2.24, 2.45) is 23.7 Å². The Kier molecular flexibility index (Phi) is 4.74. The van der Waals surface area contributed by atoms with Crippen LogP contribution in [-0.2, 0) is 9.53 Å². The number of methoxy groups -OCH3 is 1. The molecule has 0 aliphatic heterocycles. The van der Waals surface area contributed by atoms with Gasteiger partial charge in [0, 0.05) is 0 Å². The maximum absolute atomic E-state index is 11.6. The highest BCUT2D eigenvalue weighted by Gasteiger charge is 2.38. The van der Waals surface area contributed by atoms with Crippen LogP contribution in [-0.4, -0.2) is 13.1 Å². The second-order valence-electron chi connectivity index (χ2n) is 5.16. The summed E-state index contributed by atoms with van der Waals surface area (Å²) in [5.41, 5.74) is 1.08. The van der Waals surface area contributed by atoms with Gasteiger partial charge in [0.25, 0.3) is 0 Å². The fraction of sp³-hybridized carbons (Fsp3) is 0.714. The van der Waals surface area contributed by atoms with Crippen molar-refractivity contribution < 1.29 is 9.53 Å². The minimum atomic E-state index is -0.649. The largest absolute Gasteiger partial charge is 0.468 e. The summed E-state index contributed by atoms with van der Waals surface area (Å²) >= 11 is 0. The molecule has 1 fully saturated rings. The molecular weight excluding hydrogens is 214 g/mol. The van der Waals surface area contributed by atoms with Crippen molar-refractivity contribution in [1.29, 1.82) is 5.26 Å². The van der Waals surface area contributed by atoms with Crippen LogP contribution in [0.5, 0.6) is 0 Å². The van der Waals surface area contributed by atoms with Crippen LogP contribution >= 0.6 is 0 Å². The lowest BCUT2D eigenvalue weighted by Gasteiger charge is -2.36. The van der Waals surface area contributed by atoms with Crippen LogP contribution in [0.4, 0.5) is 0 Å². The normalized spacial score (nSPS) is 30.1. The van der Waals surface area contributed by atoms with Gasteiger partial charge in [0.2, 0.25) is 0 Å². The molecule has 1 aliphatic rings.